The van der Waals surface area contributed by atoms with Gasteiger partial charge in [0.1, 0.15) is 6.61 Å². The Morgan fingerprint density at radius 3 is 1.24 bits per heavy atom. The third kappa shape index (κ3) is 39.3. The molecule has 0 heterocycles. The van der Waals surface area contributed by atoms with Crippen molar-refractivity contribution in [3.8, 4) is 0 Å². The van der Waals surface area contributed by atoms with E-state index in [0.717, 1.165) is 51.4 Å². The van der Waals surface area contributed by atoms with Crippen LogP contribution in [0.15, 0.2) is 24.3 Å². The second-order valence-corrected chi connectivity index (χ2v) is 15.2. The van der Waals surface area contributed by atoms with Crippen LogP contribution in [0.2, 0.25) is 0 Å². The van der Waals surface area contributed by atoms with E-state index in [0.29, 0.717) is 6.42 Å². The molecule has 1 atom stereocenters. The Morgan fingerprint density at radius 1 is 0.500 bits per heavy atom. The van der Waals surface area contributed by atoms with Crippen LogP contribution in [0, 0.1) is 0 Å². The van der Waals surface area contributed by atoms with Gasteiger partial charge < -0.3 is 19.3 Å². The zero-order valence-corrected chi connectivity index (χ0v) is 33.2. The van der Waals surface area contributed by atoms with Crippen LogP contribution in [0.4, 0.5) is 0 Å². The fourth-order valence-electron chi connectivity index (χ4n) is 5.83. The summed E-state index contributed by atoms with van der Waals surface area (Å²) in [5.41, 5.74) is 0. The van der Waals surface area contributed by atoms with E-state index in [1.165, 1.54) is 122 Å². The van der Waals surface area contributed by atoms with Crippen molar-refractivity contribution in [2.24, 2.45) is 0 Å². The first-order valence-electron chi connectivity index (χ1n) is 20.6. The molecule has 0 aromatic rings. The number of esters is 2. The van der Waals surface area contributed by atoms with Gasteiger partial charge in [0.05, 0.1) is 6.61 Å². The highest BCUT2D eigenvalue weighted by molar-refractivity contribution is 7.46. The predicted octanol–water partition coefficient (Wildman–Crippen LogP) is 12.4. The minimum absolute atomic E-state index is 0.203. The molecule has 0 fully saturated rings. The number of phosphoric acid groups is 1. The van der Waals surface area contributed by atoms with Gasteiger partial charge in [-0.15, -0.1) is 0 Å². The first-order valence-corrected chi connectivity index (χ1v) is 22.2. The van der Waals surface area contributed by atoms with Crippen LogP contribution in [-0.4, -0.2) is 41.0 Å². The van der Waals surface area contributed by atoms with Gasteiger partial charge in [0.25, 0.3) is 0 Å². The standard InChI is InChI=1S/C41H77O8P/c1-3-5-7-9-11-13-15-17-19-20-22-23-25-27-29-31-33-35-40(42)47-37-39(38-48-50(44,45)46)49-41(43)36-34-32-30-28-26-24-21-18-16-14-12-10-8-6-4-2/h13,15,18,21,39H,3-12,14,16-17,19-20,22-38H2,1-2H3,(H2,44,45,46)/b15-13+,21-18+/t39-/m1/s1. The van der Waals surface area contributed by atoms with Crippen LogP contribution in [-0.2, 0) is 28.2 Å². The molecule has 0 aliphatic heterocycles. The highest BCUT2D eigenvalue weighted by Crippen LogP contribution is 2.36. The minimum atomic E-state index is -4.75. The van der Waals surface area contributed by atoms with Gasteiger partial charge in [-0.3, -0.25) is 14.1 Å². The average molecular weight is 729 g/mol. The van der Waals surface area contributed by atoms with Crippen molar-refractivity contribution in [1.29, 1.82) is 0 Å². The molecule has 0 aromatic heterocycles. The molecular weight excluding hydrogens is 651 g/mol. The number of unbranched alkanes of at least 4 members (excludes halogenated alkanes) is 24. The molecule has 0 saturated carbocycles. The van der Waals surface area contributed by atoms with Gasteiger partial charge in [0.2, 0.25) is 0 Å². The quantitative estimate of drug-likeness (QED) is 0.0279. The predicted molar refractivity (Wildman–Crippen MR) is 207 cm³/mol. The van der Waals surface area contributed by atoms with E-state index in [-0.39, 0.29) is 19.4 Å². The number of carbonyl (C=O) groups excluding carboxylic acids is 2. The van der Waals surface area contributed by atoms with Crippen molar-refractivity contribution in [3.05, 3.63) is 24.3 Å². The maximum Gasteiger partial charge on any atom is 0.469 e. The van der Waals surface area contributed by atoms with Gasteiger partial charge >= 0.3 is 19.8 Å². The summed E-state index contributed by atoms with van der Waals surface area (Å²) in [6.45, 7) is 3.67. The zero-order chi connectivity index (χ0) is 36.8. The van der Waals surface area contributed by atoms with E-state index >= 15 is 0 Å². The third-order valence-electron chi connectivity index (χ3n) is 8.94. The molecule has 0 aliphatic carbocycles. The van der Waals surface area contributed by atoms with Crippen LogP contribution in [0.1, 0.15) is 206 Å². The highest BCUT2D eigenvalue weighted by atomic mass is 31.2. The average Bonchev–Trinajstić information content (AvgIpc) is 3.08. The van der Waals surface area contributed by atoms with Crippen molar-refractivity contribution in [2.75, 3.05) is 13.2 Å². The summed E-state index contributed by atoms with van der Waals surface area (Å²) in [4.78, 5) is 42.8. The van der Waals surface area contributed by atoms with Gasteiger partial charge in [0.15, 0.2) is 6.10 Å². The molecule has 2 N–H and O–H groups in total. The number of allylic oxidation sites excluding steroid dienone is 4. The molecule has 0 unspecified atom stereocenters. The Kier molecular flexibility index (Phi) is 36.2. The van der Waals surface area contributed by atoms with E-state index < -0.39 is 32.5 Å². The number of hydrogen-bond donors (Lipinski definition) is 2. The first kappa shape index (κ1) is 48.5. The molecular formula is C41H77O8P. The fourth-order valence-corrected chi connectivity index (χ4v) is 6.19. The molecule has 50 heavy (non-hydrogen) atoms. The topological polar surface area (TPSA) is 119 Å². The second-order valence-electron chi connectivity index (χ2n) is 14.0. The molecule has 9 heteroatoms. The molecule has 0 bridgehead atoms. The summed E-state index contributed by atoms with van der Waals surface area (Å²) in [5.74, 6) is -0.891. The highest BCUT2D eigenvalue weighted by Gasteiger charge is 2.22. The smallest absolute Gasteiger partial charge is 0.462 e. The molecule has 0 aliphatic rings. The lowest BCUT2D eigenvalue weighted by molar-refractivity contribution is -0.161. The Hall–Kier alpha value is -1.47. The fraction of sp³-hybridized carbons (Fsp3) is 0.854. The number of hydrogen-bond acceptors (Lipinski definition) is 6. The molecule has 8 nitrogen and oxygen atoms in total. The summed E-state index contributed by atoms with van der Waals surface area (Å²) < 4.78 is 26.4. The lowest BCUT2D eigenvalue weighted by Gasteiger charge is -2.18. The Morgan fingerprint density at radius 2 is 0.840 bits per heavy atom. The van der Waals surface area contributed by atoms with Crippen molar-refractivity contribution >= 4 is 19.8 Å². The van der Waals surface area contributed by atoms with E-state index in [1.807, 2.05) is 0 Å². The van der Waals surface area contributed by atoms with Crippen molar-refractivity contribution in [3.63, 3.8) is 0 Å². The molecule has 0 rings (SSSR count). The van der Waals surface area contributed by atoms with Gasteiger partial charge in [-0.1, -0.05) is 154 Å². The summed E-state index contributed by atoms with van der Waals surface area (Å²) >= 11 is 0. The van der Waals surface area contributed by atoms with Crippen molar-refractivity contribution < 1.29 is 37.9 Å². The van der Waals surface area contributed by atoms with Gasteiger partial charge in [-0.2, -0.15) is 0 Å². The Balaban J connectivity index is 3.92. The normalized spacial score (nSPS) is 12.6. The van der Waals surface area contributed by atoms with Crippen LogP contribution < -0.4 is 0 Å². The number of rotatable bonds is 38. The molecule has 0 amide bonds. The van der Waals surface area contributed by atoms with Gasteiger partial charge in [-0.05, 0) is 64.2 Å². The van der Waals surface area contributed by atoms with Crippen LogP contribution in [0.5, 0.6) is 0 Å². The van der Waals surface area contributed by atoms with E-state index in [2.05, 4.69) is 42.7 Å². The lowest BCUT2D eigenvalue weighted by Crippen LogP contribution is -2.29. The Labute approximate surface area is 307 Å². The number of ether oxygens (including phenoxy) is 2. The lowest BCUT2D eigenvalue weighted by atomic mass is 10.1. The molecule has 0 spiro atoms. The largest absolute Gasteiger partial charge is 0.469 e. The van der Waals surface area contributed by atoms with Crippen LogP contribution in [0.25, 0.3) is 0 Å². The van der Waals surface area contributed by atoms with Gasteiger partial charge in [0, 0.05) is 12.8 Å². The number of phosphoric ester groups is 1. The van der Waals surface area contributed by atoms with Gasteiger partial charge in [-0.25, -0.2) is 4.57 Å². The van der Waals surface area contributed by atoms with E-state index in [9.17, 15) is 14.2 Å². The maximum atomic E-state index is 12.4. The van der Waals surface area contributed by atoms with Crippen LogP contribution in [0.3, 0.4) is 0 Å². The zero-order valence-electron chi connectivity index (χ0n) is 32.3. The minimum Gasteiger partial charge on any atom is -0.462 e. The SMILES string of the molecule is CCCCCC/C=C/CCCCCCCCCCCC(=O)OC[C@H](COP(=O)(O)O)OC(=O)CCCCCCC/C=C/CCCCCCCC. The van der Waals surface area contributed by atoms with Crippen molar-refractivity contribution in [2.45, 2.75) is 213 Å². The maximum absolute atomic E-state index is 12.4. The summed E-state index contributed by atoms with van der Waals surface area (Å²) in [5, 5.41) is 0. The monoisotopic (exact) mass is 729 g/mol. The molecule has 0 aromatic carbocycles. The summed E-state index contributed by atoms with van der Waals surface area (Å²) in [6, 6.07) is 0. The Bertz CT molecular complexity index is 869. The van der Waals surface area contributed by atoms with Crippen molar-refractivity contribution in [1.82, 2.24) is 0 Å². The molecule has 294 valence electrons. The van der Waals surface area contributed by atoms with Crippen LogP contribution >= 0.6 is 7.82 Å². The van der Waals surface area contributed by atoms with E-state index in [1.54, 1.807) is 0 Å². The first-order chi connectivity index (χ1) is 24.3. The van der Waals surface area contributed by atoms with E-state index in [4.69, 9.17) is 19.3 Å². The second kappa shape index (κ2) is 37.3. The third-order valence-corrected chi connectivity index (χ3v) is 9.43. The molecule has 0 saturated heterocycles. The summed E-state index contributed by atoms with van der Waals surface area (Å²) in [6.07, 6.45) is 41.8. The summed E-state index contributed by atoms with van der Waals surface area (Å²) in [7, 11) is -4.75. The molecule has 0 radical (unpaired) electrons. The number of carbonyl (C=O) groups is 2.